The Balaban J connectivity index is 1.87. The third-order valence-corrected chi connectivity index (χ3v) is 4.40. The summed E-state index contributed by atoms with van der Waals surface area (Å²) in [7, 11) is 0. The number of hydrogen-bond acceptors (Lipinski definition) is 3. The summed E-state index contributed by atoms with van der Waals surface area (Å²) in [6, 6.07) is 14.2. The molecule has 0 bridgehead atoms. The minimum absolute atomic E-state index is 0.0285. The highest BCUT2D eigenvalue weighted by molar-refractivity contribution is 6.30. The fourth-order valence-corrected chi connectivity index (χ4v) is 2.80. The molecule has 0 unspecified atom stereocenters. The summed E-state index contributed by atoms with van der Waals surface area (Å²) in [5.74, 6) is -1.20. The fraction of sp³-hybridized carbons (Fsp3) is 0.300. The first-order chi connectivity index (χ1) is 12.4. The van der Waals surface area contributed by atoms with Crippen molar-refractivity contribution < 1.29 is 14.3 Å². The van der Waals surface area contributed by atoms with E-state index in [1.54, 1.807) is 36.4 Å². The Bertz CT molecular complexity index is 743. The van der Waals surface area contributed by atoms with Crippen molar-refractivity contribution in [2.45, 2.75) is 26.3 Å². The number of carbonyl (C=O) groups is 2. The predicted molar refractivity (Wildman–Crippen MR) is 103 cm³/mol. The first-order valence-corrected chi connectivity index (χ1v) is 9.05. The molecule has 0 saturated carbocycles. The number of benzene rings is 2. The van der Waals surface area contributed by atoms with Crippen molar-refractivity contribution >= 4 is 35.1 Å². The highest BCUT2D eigenvalue weighted by atomic mass is 35.5. The zero-order valence-corrected chi connectivity index (χ0v) is 16.2. The van der Waals surface area contributed by atoms with Crippen LogP contribution >= 0.6 is 23.2 Å². The zero-order valence-electron chi connectivity index (χ0n) is 14.7. The van der Waals surface area contributed by atoms with Crippen molar-refractivity contribution in [1.82, 2.24) is 5.32 Å². The smallest absolute Gasteiger partial charge is 0.314 e. The van der Waals surface area contributed by atoms with Crippen LogP contribution in [0.4, 0.5) is 0 Å². The number of carbonyl (C=O) groups excluding carboxylic acids is 2. The van der Waals surface area contributed by atoms with E-state index in [4.69, 9.17) is 27.9 Å². The molecule has 1 N–H and O–H groups in total. The molecular formula is C20H21Cl2NO3. The normalized spacial score (nSPS) is 11.9. The van der Waals surface area contributed by atoms with Gasteiger partial charge in [-0.1, -0.05) is 61.3 Å². The van der Waals surface area contributed by atoms with Crippen LogP contribution in [-0.2, 0) is 20.9 Å². The molecule has 2 aromatic rings. The zero-order chi connectivity index (χ0) is 19.1. The van der Waals surface area contributed by atoms with Gasteiger partial charge in [0, 0.05) is 16.6 Å². The van der Waals surface area contributed by atoms with Gasteiger partial charge in [-0.2, -0.15) is 0 Å². The van der Waals surface area contributed by atoms with Gasteiger partial charge >= 0.3 is 5.97 Å². The molecule has 1 atom stereocenters. The Hall–Kier alpha value is -2.04. The van der Waals surface area contributed by atoms with Crippen molar-refractivity contribution in [3.8, 4) is 0 Å². The van der Waals surface area contributed by atoms with E-state index in [2.05, 4.69) is 5.32 Å². The summed E-state index contributed by atoms with van der Waals surface area (Å²) >= 11 is 11.7. The topological polar surface area (TPSA) is 55.4 Å². The van der Waals surface area contributed by atoms with Crippen LogP contribution in [0.25, 0.3) is 0 Å². The molecule has 26 heavy (non-hydrogen) atoms. The Labute approximate surface area is 163 Å². The van der Waals surface area contributed by atoms with Gasteiger partial charge in [-0.25, -0.2) is 0 Å². The number of amides is 1. The molecule has 4 nitrogen and oxygen atoms in total. The molecule has 0 aromatic heterocycles. The summed E-state index contributed by atoms with van der Waals surface area (Å²) in [5, 5.41) is 3.95. The minimum Gasteiger partial charge on any atom is -0.455 e. The molecule has 138 valence electrons. The van der Waals surface area contributed by atoms with Crippen molar-refractivity contribution in [1.29, 1.82) is 0 Å². The molecule has 2 aromatic carbocycles. The van der Waals surface area contributed by atoms with E-state index < -0.39 is 11.9 Å². The quantitative estimate of drug-likeness (QED) is 0.699. The highest BCUT2D eigenvalue weighted by Crippen LogP contribution is 2.27. The van der Waals surface area contributed by atoms with E-state index in [-0.39, 0.29) is 18.4 Å². The van der Waals surface area contributed by atoms with Gasteiger partial charge < -0.3 is 10.1 Å². The molecule has 0 radical (unpaired) electrons. The van der Waals surface area contributed by atoms with E-state index in [1.807, 2.05) is 26.0 Å². The van der Waals surface area contributed by atoms with Crippen molar-refractivity contribution in [2.75, 3.05) is 6.61 Å². The maximum absolute atomic E-state index is 12.4. The van der Waals surface area contributed by atoms with Gasteiger partial charge in [-0.05, 0) is 41.3 Å². The molecule has 1 amide bonds. The number of esters is 1. The Kier molecular flexibility index (Phi) is 7.49. The first kappa shape index (κ1) is 20.3. The van der Waals surface area contributed by atoms with Gasteiger partial charge in [0.15, 0.2) is 6.61 Å². The standard InChI is InChI=1S/C20H21Cl2NO3/c1-13(2)19(15-5-9-17(22)10-6-15)20(25)26-12-18(24)23-11-14-3-7-16(21)8-4-14/h3-10,13,19H,11-12H2,1-2H3,(H,23,24)/t19-/m1/s1. The highest BCUT2D eigenvalue weighted by Gasteiger charge is 2.26. The summed E-state index contributed by atoms with van der Waals surface area (Å²) in [6.07, 6.45) is 0. The lowest BCUT2D eigenvalue weighted by atomic mass is 9.88. The maximum atomic E-state index is 12.4. The summed E-state index contributed by atoms with van der Waals surface area (Å²) in [4.78, 5) is 24.4. The van der Waals surface area contributed by atoms with Crippen molar-refractivity contribution in [3.63, 3.8) is 0 Å². The van der Waals surface area contributed by atoms with Crippen LogP contribution in [0.3, 0.4) is 0 Å². The number of rotatable bonds is 7. The largest absolute Gasteiger partial charge is 0.455 e. The lowest BCUT2D eigenvalue weighted by molar-refractivity contribution is -0.151. The Morgan fingerprint density at radius 3 is 2.04 bits per heavy atom. The van der Waals surface area contributed by atoms with E-state index in [0.29, 0.717) is 16.6 Å². The van der Waals surface area contributed by atoms with Crippen LogP contribution in [0, 0.1) is 5.92 Å². The summed E-state index contributed by atoms with van der Waals surface area (Å²) in [5.41, 5.74) is 1.73. The predicted octanol–water partition coefficient (Wildman–Crippen LogP) is 4.59. The second-order valence-electron chi connectivity index (χ2n) is 6.28. The van der Waals surface area contributed by atoms with E-state index in [0.717, 1.165) is 11.1 Å². The number of ether oxygens (including phenoxy) is 1. The van der Waals surface area contributed by atoms with Crippen LogP contribution in [0.1, 0.15) is 30.9 Å². The molecule has 0 saturated heterocycles. The molecule has 0 spiro atoms. The van der Waals surface area contributed by atoms with Crippen LogP contribution in [0.5, 0.6) is 0 Å². The van der Waals surface area contributed by atoms with Gasteiger partial charge in [0.05, 0.1) is 5.92 Å². The van der Waals surface area contributed by atoms with Crippen LogP contribution < -0.4 is 5.32 Å². The van der Waals surface area contributed by atoms with E-state index >= 15 is 0 Å². The third-order valence-electron chi connectivity index (χ3n) is 3.90. The number of nitrogens with one attached hydrogen (secondary N) is 1. The van der Waals surface area contributed by atoms with E-state index in [1.165, 1.54) is 0 Å². The molecule has 0 heterocycles. The van der Waals surface area contributed by atoms with Crippen LogP contribution in [0.15, 0.2) is 48.5 Å². The van der Waals surface area contributed by atoms with E-state index in [9.17, 15) is 9.59 Å². The lowest BCUT2D eigenvalue weighted by Gasteiger charge is -2.20. The van der Waals surface area contributed by atoms with Crippen molar-refractivity contribution in [3.05, 3.63) is 69.7 Å². The number of hydrogen-bond donors (Lipinski definition) is 1. The Morgan fingerprint density at radius 2 is 1.50 bits per heavy atom. The lowest BCUT2D eigenvalue weighted by Crippen LogP contribution is -2.30. The molecular weight excluding hydrogens is 373 g/mol. The van der Waals surface area contributed by atoms with Gasteiger partial charge in [-0.3, -0.25) is 9.59 Å². The van der Waals surface area contributed by atoms with Gasteiger partial charge in [0.1, 0.15) is 0 Å². The molecule has 6 heteroatoms. The van der Waals surface area contributed by atoms with Gasteiger partial charge in [0.2, 0.25) is 0 Å². The molecule has 0 aliphatic rings. The fourth-order valence-electron chi connectivity index (χ4n) is 2.54. The van der Waals surface area contributed by atoms with Gasteiger partial charge in [-0.15, -0.1) is 0 Å². The molecule has 0 aliphatic heterocycles. The summed E-state index contributed by atoms with van der Waals surface area (Å²) < 4.78 is 5.21. The maximum Gasteiger partial charge on any atom is 0.314 e. The Morgan fingerprint density at radius 1 is 0.962 bits per heavy atom. The monoisotopic (exact) mass is 393 g/mol. The molecule has 2 rings (SSSR count). The average Bonchev–Trinajstić information content (AvgIpc) is 2.61. The SMILES string of the molecule is CC(C)[C@@H](C(=O)OCC(=O)NCc1ccc(Cl)cc1)c1ccc(Cl)cc1. The van der Waals surface area contributed by atoms with Crippen LogP contribution in [0.2, 0.25) is 10.0 Å². The molecule has 0 aliphatic carbocycles. The van der Waals surface area contributed by atoms with Crippen molar-refractivity contribution in [2.24, 2.45) is 5.92 Å². The average molecular weight is 394 g/mol. The summed E-state index contributed by atoms with van der Waals surface area (Å²) in [6.45, 7) is 3.89. The van der Waals surface area contributed by atoms with Crippen LogP contribution in [-0.4, -0.2) is 18.5 Å². The first-order valence-electron chi connectivity index (χ1n) is 8.30. The second kappa shape index (κ2) is 9.60. The third kappa shape index (κ3) is 6.04. The second-order valence-corrected chi connectivity index (χ2v) is 7.16. The minimum atomic E-state index is -0.448. The molecule has 0 fully saturated rings. The number of halogens is 2. The van der Waals surface area contributed by atoms with Gasteiger partial charge in [0.25, 0.3) is 5.91 Å².